The van der Waals surface area contributed by atoms with Gasteiger partial charge in [0, 0.05) is 12.0 Å². The first-order valence-corrected chi connectivity index (χ1v) is 5.81. The second kappa shape index (κ2) is 3.22. The number of hydrogen-bond donors (Lipinski definition) is 0. The van der Waals surface area contributed by atoms with E-state index in [4.69, 9.17) is 4.74 Å². The van der Waals surface area contributed by atoms with E-state index in [1.165, 1.54) is 18.9 Å². The first-order chi connectivity index (χ1) is 7.29. The Morgan fingerprint density at radius 1 is 1.33 bits per heavy atom. The van der Waals surface area contributed by atoms with E-state index in [1.807, 2.05) is 0 Å². The number of ether oxygens (including phenoxy) is 1. The van der Waals surface area contributed by atoms with E-state index in [2.05, 4.69) is 18.7 Å². The first-order valence-electron chi connectivity index (χ1n) is 5.81. The molecule has 80 valence electrons. The lowest BCUT2D eigenvalue weighted by Crippen LogP contribution is -2.27. The maximum atomic E-state index is 11.2. The number of fused-ring (bicyclic) bond motifs is 5. The second-order valence-corrected chi connectivity index (χ2v) is 4.95. The third-order valence-corrected chi connectivity index (χ3v) is 4.34. The van der Waals surface area contributed by atoms with Gasteiger partial charge in [-0.3, -0.25) is 0 Å². The maximum Gasteiger partial charge on any atom is 0.330 e. The molecule has 2 saturated carbocycles. The van der Waals surface area contributed by atoms with E-state index in [0.717, 1.165) is 18.3 Å². The zero-order valence-corrected chi connectivity index (χ0v) is 8.76. The number of allylic oxidation sites excluding steroid dienone is 2. The minimum atomic E-state index is -0.257. The van der Waals surface area contributed by atoms with Crippen LogP contribution in [0.2, 0.25) is 0 Å². The molecule has 2 fully saturated rings. The van der Waals surface area contributed by atoms with Crippen LogP contribution < -0.4 is 0 Å². The predicted octanol–water partition coefficient (Wildman–Crippen LogP) is 2.32. The van der Waals surface area contributed by atoms with Gasteiger partial charge in [0.2, 0.25) is 0 Å². The zero-order chi connectivity index (χ0) is 10.4. The highest BCUT2D eigenvalue weighted by Crippen LogP contribution is 2.56. The van der Waals surface area contributed by atoms with Gasteiger partial charge in [-0.05, 0) is 37.0 Å². The van der Waals surface area contributed by atoms with Crippen LogP contribution >= 0.6 is 0 Å². The van der Waals surface area contributed by atoms with Crippen molar-refractivity contribution in [1.29, 1.82) is 0 Å². The molecule has 3 aliphatic rings. The van der Waals surface area contributed by atoms with Crippen LogP contribution in [0.3, 0.4) is 0 Å². The topological polar surface area (TPSA) is 26.3 Å². The number of esters is 1. The van der Waals surface area contributed by atoms with Gasteiger partial charge in [-0.15, -0.1) is 0 Å². The van der Waals surface area contributed by atoms with Crippen LogP contribution in [-0.2, 0) is 9.53 Å². The van der Waals surface area contributed by atoms with Crippen molar-refractivity contribution in [3.8, 4) is 0 Å². The SMILES string of the molecule is C=CC(=O)O[C@@H]1CC[C@@H]2[C@@H]1[C@@H]1C=C[C@H]2C1. The molecule has 3 aliphatic carbocycles. The fourth-order valence-electron chi connectivity index (χ4n) is 3.80. The van der Waals surface area contributed by atoms with Crippen LogP contribution in [0, 0.1) is 23.7 Å². The van der Waals surface area contributed by atoms with Gasteiger partial charge in [0.15, 0.2) is 0 Å². The Balaban J connectivity index is 1.75. The van der Waals surface area contributed by atoms with Crippen molar-refractivity contribution in [2.75, 3.05) is 0 Å². The minimum absolute atomic E-state index is 0.153. The van der Waals surface area contributed by atoms with Gasteiger partial charge in [-0.2, -0.15) is 0 Å². The average molecular weight is 204 g/mol. The Morgan fingerprint density at radius 2 is 2.13 bits per heavy atom. The van der Waals surface area contributed by atoms with E-state index in [0.29, 0.717) is 11.8 Å². The van der Waals surface area contributed by atoms with E-state index in [1.54, 1.807) is 0 Å². The third-order valence-electron chi connectivity index (χ3n) is 4.34. The number of carbonyl (C=O) groups excluding carboxylic acids is 1. The summed E-state index contributed by atoms with van der Waals surface area (Å²) in [6, 6.07) is 0. The maximum absolute atomic E-state index is 11.2. The molecule has 2 bridgehead atoms. The minimum Gasteiger partial charge on any atom is -0.459 e. The summed E-state index contributed by atoms with van der Waals surface area (Å²) in [7, 11) is 0. The summed E-state index contributed by atoms with van der Waals surface area (Å²) < 4.78 is 5.44. The summed E-state index contributed by atoms with van der Waals surface area (Å²) in [6.07, 6.45) is 9.68. The fraction of sp³-hybridized carbons (Fsp3) is 0.615. The molecular weight excluding hydrogens is 188 g/mol. The Kier molecular flexibility index (Phi) is 1.98. The van der Waals surface area contributed by atoms with Crippen LogP contribution in [0.15, 0.2) is 24.8 Å². The highest BCUT2D eigenvalue weighted by atomic mass is 16.5. The highest BCUT2D eigenvalue weighted by molar-refractivity contribution is 5.81. The van der Waals surface area contributed by atoms with Crippen molar-refractivity contribution < 1.29 is 9.53 Å². The predicted molar refractivity (Wildman–Crippen MR) is 57.0 cm³/mol. The van der Waals surface area contributed by atoms with Gasteiger partial charge >= 0.3 is 5.97 Å². The van der Waals surface area contributed by atoms with Gasteiger partial charge in [-0.1, -0.05) is 18.7 Å². The van der Waals surface area contributed by atoms with Gasteiger partial charge in [0.1, 0.15) is 6.10 Å². The Bertz CT molecular complexity index is 331. The number of hydrogen-bond acceptors (Lipinski definition) is 2. The van der Waals surface area contributed by atoms with Gasteiger partial charge in [-0.25, -0.2) is 4.79 Å². The van der Waals surface area contributed by atoms with Gasteiger partial charge < -0.3 is 4.74 Å². The fourth-order valence-corrected chi connectivity index (χ4v) is 3.80. The Hall–Kier alpha value is -1.05. The normalized spacial score (nSPS) is 45.5. The van der Waals surface area contributed by atoms with Crippen molar-refractivity contribution in [1.82, 2.24) is 0 Å². The first kappa shape index (κ1) is 9.20. The molecule has 0 amide bonds. The third kappa shape index (κ3) is 1.27. The van der Waals surface area contributed by atoms with Crippen molar-refractivity contribution in [2.24, 2.45) is 23.7 Å². The van der Waals surface area contributed by atoms with Crippen molar-refractivity contribution in [3.05, 3.63) is 24.8 Å². The largest absolute Gasteiger partial charge is 0.459 e. The lowest BCUT2D eigenvalue weighted by Gasteiger charge is -2.25. The van der Waals surface area contributed by atoms with Crippen molar-refractivity contribution >= 4 is 5.97 Å². The molecule has 0 aromatic rings. The molecule has 0 N–H and O–H groups in total. The summed E-state index contributed by atoms with van der Waals surface area (Å²) in [5.74, 6) is 2.57. The molecule has 0 saturated heterocycles. The van der Waals surface area contributed by atoms with Crippen LogP contribution in [0.1, 0.15) is 19.3 Å². The lowest BCUT2D eigenvalue weighted by molar-refractivity contribution is -0.145. The van der Waals surface area contributed by atoms with E-state index >= 15 is 0 Å². The Morgan fingerprint density at radius 3 is 2.93 bits per heavy atom. The summed E-state index contributed by atoms with van der Waals surface area (Å²) in [4.78, 5) is 11.2. The van der Waals surface area contributed by atoms with Crippen LogP contribution in [-0.4, -0.2) is 12.1 Å². The van der Waals surface area contributed by atoms with Gasteiger partial charge in [0.05, 0.1) is 0 Å². The van der Waals surface area contributed by atoms with Gasteiger partial charge in [0.25, 0.3) is 0 Å². The number of carbonyl (C=O) groups is 1. The molecule has 0 unspecified atom stereocenters. The molecule has 2 nitrogen and oxygen atoms in total. The van der Waals surface area contributed by atoms with Crippen molar-refractivity contribution in [3.63, 3.8) is 0 Å². The molecule has 0 heterocycles. The monoisotopic (exact) mass is 204 g/mol. The summed E-state index contributed by atoms with van der Waals surface area (Å²) >= 11 is 0. The molecule has 0 aliphatic heterocycles. The van der Waals surface area contributed by atoms with Crippen LogP contribution in [0.5, 0.6) is 0 Å². The molecule has 0 aromatic heterocycles. The quantitative estimate of drug-likeness (QED) is 0.392. The molecular formula is C13H16O2. The average Bonchev–Trinajstić information content (AvgIpc) is 2.89. The molecule has 5 atom stereocenters. The molecule has 3 rings (SSSR count). The Labute approximate surface area is 90.0 Å². The van der Waals surface area contributed by atoms with Crippen molar-refractivity contribution in [2.45, 2.75) is 25.4 Å². The smallest absolute Gasteiger partial charge is 0.330 e. The molecule has 0 spiro atoms. The second-order valence-electron chi connectivity index (χ2n) is 4.95. The molecule has 0 radical (unpaired) electrons. The summed E-state index contributed by atoms with van der Waals surface area (Å²) in [5, 5.41) is 0. The van der Waals surface area contributed by atoms with Crippen LogP contribution in [0.25, 0.3) is 0 Å². The van der Waals surface area contributed by atoms with E-state index < -0.39 is 0 Å². The summed E-state index contributed by atoms with van der Waals surface area (Å²) in [6.45, 7) is 3.45. The molecule has 0 aromatic carbocycles. The highest BCUT2D eigenvalue weighted by Gasteiger charge is 2.52. The number of rotatable bonds is 2. The standard InChI is InChI=1S/C13H16O2/c1-2-12(14)15-11-6-5-10-8-3-4-9(7-8)13(10)11/h2-4,8-11,13H,1,5-7H2/t8-,9+,10-,11+,13-/m0/s1. The zero-order valence-electron chi connectivity index (χ0n) is 8.76. The van der Waals surface area contributed by atoms with E-state index in [9.17, 15) is 4.79 Å². The molecule has 2 heteroatoms. The summed E-state index contributed by atoms with van der Waals surface area (Å²) in [5.41, 5.74) is 0. The molecule has 15 heavy (non-hydrogen) atoms. The van der Waals surface area contributed by atoms with Crippen LogP contribution in [0.4, 0.5) is 0 Å². The lowest BCUT2D eigenvalue weighted by atomic mass is 9.85. The van der Waals surface area contributed by atoms with E-state index in [-0.39, 0.29) is 12.1 Å².